The quantitative estimate of drug-likeness (QED) is 0.714. The van der Waals surface area contributed by atoms with Gasteiger partial charge < -0.3 is 19.5 Å². The predicted molar refractivity (Wildman–Crippen MR) is 93.5 cm³/mol. The Labute approximate surface area is 142 Å². The highest BCUT2D eigenvalue weighted by Gasteiger charge is 2.04. The summed E-state index contributed by atoms with van der Waals surface area (Å²) in [6.45, 7) is 1.02. The van der Waals surface area contributed by atoms with Crippen molar-refractivity contribution in [2.45, 2.75) is 19.4 Å². The van der Waals surface area contributed by atoms with Crippen LogP contribution in [0.25, 0.3) is 0 Å². The lowest BCUT2D eigenvalue weighted by molar-refractivity contribution is -0.116. The molecule has 128 valence electrons. The zero-order valence-corrected chi connectivity index (χ0v) is 14.1. The Bertz CT molecular complexity index is 640. The second-order valence-electron chi connectivity index (χ2n) is 5.31. The fourth-order valence-electron chi connectivity index (χ4n) is 2.22. The monoisotopic (exact) mass is 329 g/mol. The van der Waals surface area contributed by atoms with E-state index in [-0.39, 0.29) is 5.91 Å². The van der Waals surface area contributed by atoms with Crippen molar-refractivity contribution in [2.24, 2.45) is 0 Å². The van der Waals surface area contributed by atoms with Crippen molar-refractivity contribution >= 4 is 11.6 Å². The third-order valence-corrected chi connectivity index (χ3v) is 3.40. The van der Waals surface area contributed by atoms with Gasteiger partial charge in [0.2, 0.25) is 5.91 Å². The summed E-state index contributed by atoms with van der Waals surface area (Å²) in [7, 11) is 3.27. The lowest BCUT2D eigenvalue weighted by Gasteiger charge is -2.08. The number of carbonyl (C=O) groups is 1. The second kappa shape index (κ2) is 9.57. The van der Waals surface area contributed by atoms with E-state index in [9.17, 15) is 4.79 Å². The molecule has 5 nitrogen and oxygen atoms in total. The molecule has 0 saturated carbocycles. The van der Waals surface area contributed by atoms with Crippen molar-refractivity contribution in [3.63, 3.8) is 0 Å². The van der Waals surface area contributed by atoms with Gasteiger partial charge in [-0.3, -0.25) is 4.79 Å². The maximum absolute atomic E-state index is 12.0. The Hall–Kier alpha value is -2.53. The Morgan fingerprint density at radius 3 is 2.50 bits per heavy atom. The number of nitrogens with one attached hydrogen (secondary N) is 1. The Morgan fingerprint density at radius 2 is 1.79 bits per heavy atom. The van der Waals surface area contributed by atoms with E-state index in [1.807, 2.05) is 48.5 Å². The maximum Gasteiger partial charge on any atom is 0.224 e. The molecule has 0 spiro atoms. The van der Waals surface area contributed by atoms with Gasteiger partial charge in [0, 0.05) is 19.2 Å². The fourth-order valence-corrected chi connectivity index (χ4v) is 2.22. The average Bonchev–Trinajstić information content (AvgIpc) is 2.60. The molecule has 0 atom stereocenters. The van der Waals surface area contributed by atoms with Gasteiger partial charge >= 0.3 is 0 Å². The molecule has 0 aliphatic heterocycles. The van der Waals surface area contributed by atoms with E-state index in [0.717, 1.165) is 22.7 Å². The summed E-state index contributed by atoms with van der Waals surface area (Å²) in [5.74, 6) is 1.53. The van der Waals surface area contributed by atoms with E-state index >= 15 is 0 Å². The lowest BCUT2D eigenvalue weighted by Crippen LogP contribution is -2.13. The minimum absolute atomic E-state index is 0.0251. The molecule has 2 aromatic rings. The fraction of sp³-hybridized carbons (Fsp3) is 0.316. The first-order chi connectivity index (χ1) is 11.7. The maximum atomic E-state index is 12.0. The number of hydrogen-bond acceptors (Lipinski definition) is 4. The molecular formula is C19H23NO4. The highest BCUT2D eigenvalue weighted by atomic mass is 16.5. The predicted octanol–water partition coefficient (Wildman–Crippen LogP) is 3.64. The standard InChI is InChI=1S/C19H23NO4/c1-22-14-15-5-3-6-16(13-15)20-19(21)7-4-12-24-18-10-8-17(23-2)9-11-18/h3,5-6,8-11,13H,4,7,12,14H2,1-2H3,(H,20,21). The van der Waals surface area contributed by atoms with E-state index in [2.05, 4.69) is 5.32 Å². The largest absolute Gasteiger partial charge is 0.497 e. The minimum atomic E-state index is -0.0251. The first-order valence-corrected chi connectivity index (χ1v) is 7.86. The molecule has 1 amide bonds. The van der Waals surface area contributed by atoms with E-state index < -0.39 is 0 Å². The number of benzene rings is 2. The third-order valence-electron chi connectivity index (χ3n) is 3.40. The van der Waals surface area contributed by atoms with Gasteiger partial charge in [-0.25, -0.2) is 0 Å². The summed E-state index contributed by atoms with van der Waals surface area (Å²) in [6, 6.07) is 15.0. The summed E-state index contributed by atoms with van der Waals surface area (Å²) in [5, 5.41) is 2.89. The molecule has 0 unspecified atom stereocenters. The highest BCUT2D eigenvalue weighted by Crippen LogP contribution is 2.17. The van der Waals surface area contributed by atoms with Crippen LogP contribution in [0.1, 0.15) is 18.4 Å². The van der Waals surface area contributed by atoms with Crippen molar-refractivity contribution in [3.8, 4) is 11.5 Å². The molecule has 0 heterocycles. The molecular weight excluding hydrogens is 306 g/mol. The number of rotatable bonds is 9. The SMILES string of the molecule is COCc1cccc(NC(=O)CCCOc2ccc(OC)cc2)c1. The number of hydrogen-bond donors (Lipinski definition) is 1. The van der Waals surface area contributed by atoms with Crippen LogP contribution < -0.4 is 14.8 Å². The number of amides is 1. The zero-order valence-electron chi connectivity index (χ0n) is 14.1. The van der Waals surface area contributed by atoms with Crippen LogP contribution in [0, 0.1) is 0 Å². The molecule has 0 aliphatic carbocycles. The number of ether oxygens (including phenoxy) is 3. The van der Waals surface area contributed by atoms with Crippen LogP contribution in [0.5, 0.6) is 11.5 Å². The normalized spacial score (nSPS) is 10.2. The van der Waals surface area contributed by atoms with Gasteiger partial charge in [-0.1, -0.05) is 12.1 Å². The van der Waals surface area contributed by atoms with E-state index in [1.165, 1.54) is 0 Å². The first kappa shape index (κ1) is 17.8. The molecule has 0 bridgehead atoms. The van der Waals surface area contributed by atoms with Crippen LogP contribution >= 0.6 is 0 Å². The molecule has 0 aliphatic rings. The topological polar surface area (TPSA) is 56.8 Å². The van der Waals surface area contributed by atoms with Crippen LogP contribution in [-0.4, -0.2) is 26.7 Å². The van der Waals surface area contributed by atoms with Crippen molar-refractivity contribution in [1.29, 1.82) is 0 Å². The van der Waals surface area contributed by atoms with Crippen LogP contribution in [0.4, 0.5) is 5.69 Å². The van der Waals surface area contributed by atoms with Gasteiger partial charge in [-0.05, 0) is 48.4 Å². The van der Waals surface area contributed by atoms with Crippen LogP contribution in [0.15, 0.2) is 48.5 Å². The Kier molecular flexibility index (Phi) is 7.11. The first-order valence-electron chi connectivity index (χ1n) is 7.86. The number of methoxy groups -OCH3 is 2. The summed E-state index contributed by atoms with van der Waals surface area (Å²) in [5.41, 5.74) is 1.81. The Balaban J connectivity index is 1.70. The molecule has 0 saturated heterocycles. The van der Waals surface area contributed by atoms with E-state index in [1.54, 1.807) is 14.2 Å². The van der Waals surface area contributed by atoms with Crippen molar-refractivity contribution < 1.29 is 19.0 Å². The van der Waals surface area contributed by atoms with Gasteiger partial charge in [0.15, 0.2) is 0 Å². The molecule has 0 aromatic heterocycles. The number of anilines is 1. The van der Waals surface area contributed by atoms with Gasteiger partial charge in [0.25, 0.3) is 0 Å². The summed E-state index contributed by atoms with van der Waals surface area (Å²) < 4.78 is 15.8. The van der Waals surface area contributed by atoms with E-state index in [0.29, 0.717) is 26.1 Å². The second-order valence-corrected chi connectivity index (χ2v) is 5.31. The van der Waals surface area contributed by atoms with Gasteiger partial charge in [0.05, 0.1) is 20.3 Å². The van der Waals surface area contributed by atoms with Crippen molar-refractivity contribution in [2.75, 3.05) is 26.1 Å². The molecule has 0 radical (unpaired) electrons. The number of carbonyl (C=O) groups excluding carboxylic acids is 1. The minimum Gasteiger partial charge on any atom is -0.497 e. The highest BCUT2D eigenvalue weighted by molar-refractivity contribution is 5.90. The summed E-state index contributed by atoms with van der Waals surface area (Å²) >= 11 is 0. The molecule has 5 heteroatoms. The summed E-state index contributed by atoms with van der Waals surface area (Å²) in [4.78, 5) is 12.0. The van der Waals surface area contributed by atoms with Gasteiger partial charge in [-0.15, -0.1) is 0 Å². The van der Waals surface area contributed by atoms with Crippen molar-refractivity contribution in [1.82, 2.24) is 0 Å². The lowest BCUT2D eigenvalue weighted by atomic mass is 10.2. The molecule has 2 rings (SSSR count). The van der Waals surface area contributed by atoms with Gasteiger partial charge in [0.1, 0.15) is 11.5 Å². The van der Waals surface area contributed by atoms with Crippen LogP contribution in [0.2, 0.25) is 0 Å². The average molecular weight is 329 g/mol. The molecule has 2 aromatic carbocycles. The molecule has 0 fully saturated rings. The van der Waals surface area contributed by atoms with Crippen molar-refractivity contribution in [3.05, 3.63) is 54.1 Å². The third kappa shape index (κ3) is 5.93. The zero-order chi connectivity index (χ0) is 17.2. The van der Waals surface area contributed by atoms with Crippen LogP contribution in [0.3, 0.4) is 0 Å². The molecule has 24 heavy (non-hydrogen) atoms. The summed E-state index contributed by atoms with van der Waals surface area (Å²) in [6.07, 6.45) is 1.06. The van der Waals surface area contributed by atoms with E-state index in [4.69, 9.17) is 14.2 Å². The smallest absolute Gasteiger partial charge is 0.224 e. The van der Waals surface area contributed by atoms with Gasteiger partial charge in [-0.2, -0.15) is 0 Å². The molecule has 1 N–H and O–H groups in total. The van der Waals surface area contributed by atoms with Crippen LogP contribution in [-0.2, 0) is 16.1 Å². The Morgan fingerprint density at radius 1 is 1.04 bits per heavy atom.